The minimum absolute atomic E-state index is 0.365. The summed E-state index contributed by atoms with van der Waals surface area (Å²) in [7, 11) is 0. The molecule has 268 valence electrons. The average molecular weight is 726 g/mol. The molecule has 2 aliphatic rings. The Bertz CT molecular complexity index is 2830. The van der Waals surface area contributed by atoms with E-state index in [1.54, 1.807) is 0 Å². The van der Waals surface area contributed by atoms with Gasteiger partial charge in [0.1, 0.15) is 0 Å². The largest absolute Gasteiger partial charge is 0.311 e. The molecule has 57 heavy (non-hydrogen) atoms. The summed E-state index contributed by atoms with van der Waals surface area (Å²) in [6, 6.07) is 80.4. The first-order valence-electron chi connectivity index (χ1n) is 19.8. The number of fused-ring (bicyclic) bond motifs is 6. The summed E-state index contributed by atoms with van der Waals surface area (Å²) in [6.07, 6.45) is 0. The fourth-order valence-electron chi connectivity index (χ4n) is 9.51. The maximum Gasteiger partial charge on any atom is 0.0725 e. The fraction of sp³-hybridized carbons (Fsp3) is 0.0357. The molecule has 1 nitrogen and oxygen atoms in total. The van der Waals surface area contributed by atoms with Crippen LogP contribution >= 0.6 is 0 Å². The maximum atomic E-state index is 2.47. The van der Waals surface area contributed by atoms with E-state index in [0.717, 1.165) is 17.1 Å². The van der Waals surface area contributed by atoms with Gasteiger partial charge in [-0.05, 0) is 127 Å². The summed E-state index contributed by atoms with van der Waals surface area (Å²) in [5.41, 5.74) is 22.3. The third kappa shape index (κ3) is 5.24. The zero-order valence-corrected chi connectivity index (χ0v) is 31.7. The molecule has 0 spiro atoms. The van der Waals surface area contributed by atoms with Crippen molar-refractivity contribution < 1.29 is 0 Å². The van der Waals surface area contributed by atoms with E-state index in [2.05, 4.69) is 230 Å². The number of nitrogens with zero attached hydrogens (tertiary/aromatic N) is 1. The minimum atomic E-state index is -0.365. The van der Waals surface area contributed by atoms with Crippen molar-refractivity contribution in [2.75, 3.05) is 4.90 Å². The van der Waals surface area contributed by atoms with E-state index in [0.29, 0.717) is 0 Å². The highest BCUT2D eigenvalue weighted by molar-refractivity contribution is 5.99. The Morgan fingerprint density at radius 3 is 1.28 bits per heavy atom. The monoisotopic (exact) mass is 725 g/mol. The van der Waals surface area contributed by atoms with Crippen molar-refractivity contribution in [3.8, 4) is 55.6 Å². The van der Waals surface area contributed by atoms with E-state index in [4.69, 9.17) is 0 Å². The summed E-state index contributed by atoms with van der Waals surface area (Å²) in [4.78, 5) is 2.36. The Hall–Kier alpha value is -7.22. The molecule has 1 atom stereocenters. The molecule has 0 N–H and O–H groups in total. The molecule has 1 unspecified atom stereocenters. The van der Waals surface area contributed by atoms with Crippen LogP contribution in [0, 0.1) is 6.92 Å². The molecular weight excluding hydrogens is 687 g/mol. The molecule has 0 bridgehead atoms. The van der Waals surface area contributed by atoms with Gasteiger partial charge in [-0.3, -0.25) is 0 Å². The normalized spacial score (nSPS) is 14.5. The molecule has 0 radical (unpaired) electrons. The molecule has 11 rings (SSSR count). The lowest BCUT2D eigenvalue weighted by molar-refractivity contribution is 0.792. The number of rotatable bonds is 7. The van der Waals surface area contributed by atoms with Crippen molar-refractivity contribution in [1.29, 1.82) is 0 Å². The van der Waals surface area contributed by atoms with E-state index in [-0.39, 0.29) is 5.41 Å². The highest BCUT2D eigenvalue weighted by Crippen LogP contribution is 2.64. The van der Waals surface area contributed by atoms with Crippen LogP contribution in [0.3, 0.4) is 0 Å². The molecule has 0 aromatic heterocycles. The molecule has 0 saturated heterocycles. The van der Waals surface area contributed by atoms with Crippen LogP contribution < -0.4 is 4.90 Å². The van der Waals surface area contributed by atoms with Crippen LogP contribution in [0.15, 0.2) is 218 Å². The summed E-state index contributed by atoms with van der Waals surface area (Å²) in [6.45, 7) is 2.18. The molecule has 0 amide bonds. The zero-order valence-electron chi connectivity index (χ0n) is 31.7. The number of hydrogen-bond donors (Lipinski definition) is 0. The summed E-state index contributed by atoms with van der Waals surface area (Å²) < 4.78 is 0. The summed E-state index contributed by atoms with van der Waals surface area (Å²) >= 11 is 0. The van der Waals surface area contributed by atoms with Gasteiger partial charge in [0.05, 0.1) is 5.41 Å². The predicted octanol–water partition coefficient (Wildman–Crippen LogP) is 14.8. The van der Waals surface area contributed by atoms with Gasteiger partial charge >= 0.3 is 0 Å². The lowest BCUT2D eigenvalue weighted by atomic mass is 9.70. The highest BCUT2D eigenvalue weighted by atomic mass is 15.1. The van der Waals surface area contributed by atoms with Crippen LogP contribution in [0.5, 0.6) is 0 Å². The Kier molecular flexibility index (Phi) is 7.69. The first-order chi connectivity index (χ1) is 28.2. The van der Waals surface area contributed by atoms with E-state index >= 15 is 0 Å². The van der Waals surface area contributed by atoms with E-state index in [9.17, 15) is 0 Å². The number of benzene rings is 9. The van der Waals surface area contributed by atoms with Gasteiger partial charge < -0.3 is 4.90 Å². The van der Waals surface area contributed by atoms with Crippen molar-refractivity contribution in [1.82, 2.24) is 0 Å². The number of hydrogen-bond acceptors (Lipinski definition) is 1. The molecule has 0 aliphatic heterocycles. The van der Waals surface area contributed by atoms with Crippen molar-refractivity contribution in [3.05, 3.63) is 246 Å². The molecule has 0 heterocycles. The SMILES string of the molecule is Cc1ccc(C23c4ccccc4-c4cccc(c42)-c2ccc(-c4ccc(N(c5ccc(-c6ccccc6)cc5)c5ccc(-c6ccccc6)cc5)cc4)cc23)cc1. The molecule has 0 fully saturated rings. The minimum Gasteiger partial charge on any atom is -0.311 e. The van der Waals surface area contributed by atoms with Crippen LogP contribution in [-0.4, -0.2) is 0 Å². The van der Waals surface area contributed by atoms with Gasteiger partial charge in [-0.1, -0.05) is 181 Å². The average Bonchev–Trinajstić information content (AvgIpc) is 3.76. The Morgan fingerprint density at radius 2 is 0.737 bits per heavy atom. The fourth-order valence-corrected chi connectivity index (χ4v) is 9.51. The standard InChI is InChI=1S/C56H39N/c1-38-19-28-45(29-20-38)56-53-18-9-8-15-49(53)51-16-10-17-52(55(51)56)50-36-27-44(37-54(50)56)43-25-34-48(35-26-43)57(46-30-21-41(22-31-46)39-11-4-2-5-12-39)47-32-23-42(24-33-47)40-13-6-3-7-14-40/h2-37H,1H3. The van der Waals surface area contributed by atoms with Gasteiger partial charge in [0, 0.05) is 17.1 Å². The molecule has 0 saturated carbocycles. The van der Waals surface area contributed by atoms with Gasteiger partial charge in [0.25, 0.3) is 0 Å². The second-order valence-corrected chi connectivity index (χ2v) is 15.4. The van der Waals surface area contributed by atoms with Gasteiger partial charge in [0.15, 0.2) is 0 Å². The van der Waals surface area contributed by atoms with E-state index in [1.807, 2.05) is 0 Å². The maximum absolute atomic E-state index is 2.47. The van der Waals surface area contributed by atoms with Crippen molar-refractivity contribution >= 4 is 17.1 Å². The molecule has 1 heteroatoms. The second-order valence-electron chi connectivity index (χ2n) is 15.4. The van der Waals surface area contributed by atoms with Crippen molar-refractivity contribution in [3.63, 3.8) is 0 Å². The Balaban J connectivity index is 1.01. The molecule has 2 aliphatic carbocycles. The van der Waals surface area contributed by atoms with Crippen LogP contribution in [0.25, 0.3) is 55.6 Å². The van der Waals surface area contributed by atoms with Gasteiger partial charge in [-0.25, -0.2) is 0 Å². The van der Waals surface area contributed by atoms with Crippen molar-refractivity contribution in [2.45, 2.75) is 12.3 Å². The molecular formula is C56H39N. The van der Waals surface area contributed by atoms with Gasteiger partial charge in [0.2, 0.25) is 0 Å². The predicted molar refractivity (Wildman–Crippen MR) is 238 cm³/mol. The Labute approximate surface area is 334 Å². The topological polar surface area (TPSA) is 3.24 Å². The number of anilines is 3. The lowest BCUT2D eigenvalue weighted by Gasteiger charge is -2.31. The zero-order chi connectivity index (χ0) is 37.9. The third-order valence-corrected chi connectivity index (χ3v) is 12.2. The number of aryl methyl sites for hydroxylation is 1. The highest BCUT2D eigenvalue weighted by Gasteiger charge is 2.52. The van der Waals surface area contributed by atoms with E-state index < -0.39 is 0 Å². The van der Waals surface area contributed by atoms with Crippen LogP contribution in [-0.2, 0) is 5.41 Å². The Morgan fingerprint density at radius 1 is 0.316 bits per heavy atom. The second kappa shape index (κ2) is 13.2. The molecule has 9 aromatic rings. The molecule has 9 aromatic carbocycles. The summed E-state index contributed by atoms with van der Waals surface area (Å²) in [5.74, 6) is 0. The van der Waals surface area contributed by atoms with Crippen molar-refractivity contribution in [2.24, 2.45) is 0 Å². The van der Waals surface area contributed by atoms with Crippen LogP contribution in [0.4, 0.5) is 17.1 Å². The first kappa shape index (κ1) is 33.1. The quantitative estimate of drug-likeness (QED) is 0.158. The van der Waals surface area contributed by atoms with Crippen LogP contribution in [0.1, 0.15) is 27.8 Å². The van der Waals surface area contributed by atoms with Gasteiger partial charge in [-0.2, -0.15) is 0 Å². The smallest absolute Gasteiger partial charge is 0.0725 e. The third-order valence-electron chi connectivity index (χ3n) is 12.2. The first-order valence-corrected chi connectivity index (χ1v) is 19.8. The lowest BCUT2D eigenvalue weighted by Crippen LogP contribution is -2.26. The van der Waals surface area contributed by atoms with E-state index in [1.165, 1.54) is 83.5 Å². The van der Waals surface area contributed by atoms with Crippen LogP contribution in [0.2, 0.25) is 0 Å². The van der Waals surface area contributed by atoms with Gasteiger partial charge in [-0.15, -0.1) is 0 Å². The summed E-state index contributed by atoms with van der Waals surface area (Å²) in [5, 5.41) is 0.